The fourth-order valence-electron chi connectivity index (χ4n) is 7.38. The molecule has 8 aromatic rings. The Morgan fingerprint density at radius 2 is 1.31 bits per heavy atom. The quantitative estimate of drug-likeness (QED) is 0.0513. The summed E-state index contributed by atoms with van der Waals surface area (Å²) in [6.07, 6.45) is 5.40. The third-order valence-electron chi connectivity index (χ3n) is 10.3. The van der Waals surface area contributed by atoms with Crippen LogP contribution in [0.15, 0.2) is 221 Å². The fourth-order valence-corrected chi connectivity index (χ4v) is 8.39. The Kier molecular flexibility index (Phi) is 11.4. The lowest BCUT2D eigenvalue weighted by Gasteiger charge is -2.13. The molecule has 0 atom stereocenters. The molecule has 0 aliphatic rings. The van der Waals surface area contributed by atoms with Gasteiger partial charge in [0.25, 0.3) is 0 Å². The predicted molar refractivity (Wildman–Crippen MR) is 257 cm³/mol. The molecule has 0 saturated carbocycles. The maximum atomic E-state index is 5.40. The zero-order valence-electron chi connectivity index (χ0n) is 33.0. The minimum Gasteiger partial charge on any atom is -0.279 e. The van der Waals surface area contributed by atoms with Gasteiger partial charge in [-0.2, -0.15) is 0 Å². The van der Waals surface area contributed by atoms with Gasteiger partial charge in [-0.25, -0.2) is 9.98 Å². The zero-order chi connectivity index (χ0) is 40.7. The van der Waals surface area contributed by atoms with Crippen LogP contribution in [0, 0.1) is 0 Å². The van der Waals surface area contributed by atoms with Crippen LogP contribution in [0.1, 0.15) is 34.7 Å². The molecule has 0 fully saturated rings. The molecule has 284 valence electrons. The smallest absolute Gasteiger partial charge is 0.160 e. The third kappa shape index (κ3) is 8.24. The highest BCUT2D eigenvalue weighted by Crippen LogP contribution is 2.39. The molecule has 0 N–H and O–H groups in total. The van der Waals surface area contributed by atoms with Gasteiger partial charge in [-0.05, 0) is 87.8 Å². The minimum absolute atomic E-state index is 0.402. The first kappa shape index (κ1) is 38.5. The number of fused-ring (bicyclic) bond motifs is 4. The van der Waals surface area contributed by atoms with Gasteiger partial charge >= 0.3 is 0 Å². The van der Waals surface area contributed by atoms with Crippen LogP contribution < -0.4 is 0 Å². The average molecular weight is 779 g/mol. The van der Waals surface area contributed by atoms with E-state index in [9.17, 15) is 0 Å². The van der Waals surface area contributed by atoms with Crippen LogP contribution in [0.2, 0.25) is 0 Å². The van der Waals surface area contributed by atoms with Crippen molar-refractivity contribution in [2.24, 2.45) is 20.0 Å². The Morgan fingerprint density at radius 1 is 0.627 bits per heavy atom. The highest BCUT2D eigenvalue weighted by molar-refractivity contribution is 7.23. The topological polar surface area (TPSA) is 49.4 Å². The highest BCUT2D eigenvalue weighted by Gasteiger charge is 2.19. The van der Waals surface area contributed by atoms with Crippen molar-refractivity contribution in [3.05, 3.63) is 229 Å². The molecule has 0 aliphatic carbocycles. The van der Waals surface area contributed by atoms with Crippen molar-refractivity contribution in [2.75, 3.05) is 0 Å². The van der Waals surface area contributed by atoms with Gasteiger partial charge in [0.15, 0.2) is 5.84 Å². The zero-order valence-corrected chi connectivity index (χ0v) is 33.8. The van der Waals surface area contributed by atoms with Crippen molar-refractivity contribution in [2.45, 2.75) is 13.5 Å². The number of thiophene rings is 1. The maximum absolute atomic E-state index is 5.40. The summed E-state index contributed by atoms with van der Waals surface area (Å²) in [5.41, 5.74) is 9.97. The summed E-state index contributed by atoms with van der Waals surface area (Å²) < 4.78 is 1.14. The molecular formula is C54H42N4S. The molecule has 0 radical (unpaired) electrons. The van der Waals surface area contributed by atoms with Gasteiger partial charge in [0.2, 0.25) is 0 Å². The third-order valence-corrected chi connectivity index (χ3v) is 11.4. The van der Waals surface area contributed by atoms with E-state index in [-0.39, 0.29) is 0 Å². The number of rotatable bonds is 12. The number of hydrogen-bond donors (Lipinski definition) is 0. The van der Waals surface area contributed by atoms with Crippen LogP contribution in [0.5, 0.6) is 0 Å². The van der Waals surface area contributed by atoms with E-state index >= 15 is 0 Å². The van der Waals surface area contributed by atoms with Crippen molar-refractivity contribution in [1.29, 1.82) is 0 Å². The number of hydrogen-bond acceptors (Lipinski definition) is 4. The SMILES string of the molecule is C=C/C=C(\C=C)C(C)=NC(=NC(=C)c1cc(CN=C(c2ccccc2)c2c(N=C)sc3ccccc23)cc(-c2ccc3c(ccc4ccccc43)c2)c1)c1ccccc1. The molecule has 5 heteroatoms. The molecule has 0 bridgehead atoms. The van der Waals surface area contributed by atoms with E-state index in [0.29, 0.717) is 18.1 Å². The molecule has 4 nitrogen and oxygen atoms in total. The Labute approximate surface area is 349 Å². The molecule has 0 aliphatic heterocycles. The van der Waals surface area contributed by atoms with E-state index in [1.54, 1.807) is 23.5 Å². The van der Waals surface area contributed by atoms with E-state index in [0.717, 1.165) is 71.0 Å². The Morgan fingerprint density at radius 3 is 2.05 bits per heavy atom. The second-order valence-corrected chi connectivity index (χ2v) is 15.1. The second-order valence-electron chi connectivity index (χ2n) is 14.1. The lowest BCUT2D eigenvalue weighted by Crippen LogP contribution is -2.05. The summed E-state index contributed by atoms with van der Waals surface area (Å²) in [4.78, 5) is 20.0. The maximum Gasteiger partial charge on any atom is 0.160 e. The monoisotopic (exact) mass is 778 g/mol. The largest absolute Gasteiger partial charge is 0.279 e. The van der Waals surface area contributed by atoms with Crippen molar-refractivity contribution in [3.63, 3.8) is 0 Å². The Bertz CT molecular complexity index is 3030. The lowest BCUT2D eigenvalue weighted by atomic mass is 9.95. The number of aliphatic imine (C=N–C) groups is 4. The first-order valence-corrected chi connectivity index (χ1v) is 20.2. The fraction of sp³-hybridized carbons (Fsp3) is 0.0370. The molecule has 0 spiro atoms. The van der Waals surface area contributed by atoms with E-state index in [2.05, 4.69) is 141 Å². The summed E-state index contributed by atoms with van der Waals surface area (Å²) in [6, 6.07) is 54.8. The average Bonchev–Trinajstić information content (AvgIpc) is 3.66. The number of amidine groups is 1. The first-order valence-electron chi connectivity index (χ1n) is 19.4. The molecule has 7 aromatic carbocycles. The highest BCUT2D eigenvalue weighted by atomic mass is 32.1. The Hall–Kier alpha value is -7.34. The van der Waals surface area contributed by atoms with Crippen LogP contribution in [0.4, 0.5) is 5.00 Å². The summed E-state index contributed by atoms with van der Waals surface area (Å²) in [7, 11) is 0. The van der Waals surface area contributed by atoms with Crippen LogP contribution >= 0.6 is 11.3 Å². The second kappa shape index (κ2) is 17.4. The molecular weight excluding hydrogens is 737 g/mol. The van der Waals surface area contributed by atoms with Gasteiger partial charge in [0.05, 0.1) is 18.0 Å². The number of nitrogens with zero attached hydrogens (tertiary/aromatic N) is 4. The first-order chi connectivity index (χ1) is 28.9. The van der Waals surface area contributed by atoms with Crippen molar-refractivity contribution in [3.8, 4) is 11.1 Å². The van der Waals surface area contributed by atoms with Crippen LogP contribution in [0.3, 0.4) is 0 Å². The summed E-state index contributed by atoms with van der Waals surface area (Å²) >= 11 is 1.63. The van der Waals surface area contributed by atoms with E-state index in [4.69, 9.17) is 15.0 Å². The summed E-state index contributed by atoms with van der Waals surface area (Å²) in [6.45, 7) is 18.7. The van der Waals surface area contributed by atoms with E-state index < -0.39 is 0 Å². The van der Waals surface area contributed by atoms with Crippen molar-refractivity contribution >= 4 is 77.6 Å². The molecule has 0 saturated heterocycles. The predicted octanol–water partition coefficient (Wildman–Crippen LogP) is 14.4. The van der Waals surface area contributed by atoms with Gasteiger partial charge in [-0.15, -0.1) is 11.3 Å². The van der Waals surface area contributed by atoms with Crippen molar-refractivity contribution in [1.82, 2.24) is 0 Å². The lowest BCUT2D eigenvalue weighted by molar-refractivity contribution is 1.07. The van der Waals surface area contributed by atoms with E-state index in [1.165, 1.54) is 21.5 Å². The molecule has 0 amide bonds. The summed E-state index contributed by atoms with van der Waals surface area (Å²) in [5, 5.41) is 6.80. The van der Waals surface area contributed by atoms with Gasteiger partial charge in [0, 0.05) is 38.1 Å². The van der Waals surface area contributed by atoms with Crippen LogP contribution in [-0.2, 0) is 6.54 Å². The van der Waals surface area contributed by atoms with E-state index in [1.807, 2.05) is 61.5 Å². The number of benzene rings is 7. The molecule has 1 aromatic heterocycles. The normalized spacial score (nSPS) is 12.6. The molecule has 8 rings (SSSR count). The molecule has 59 heavy (non-hydrogen) atoms. The molecule has 1 heterocycles. The van der Waals surface area contributed by atoms with Gasteiger partial charge in [-0.3, -0.25) is 9.98 Å². The van der Waals surface area contributed by atoms with Gasteiger partial charge in [0.1, 0.15) is 5.00 Å². The Balaban J connectivity index is 1.29. The minimum atomic E-state index is 0.402. The van der Waals surface area contributed by atoms with Gasteiger partial charge < -0.3 is 0 Å². The van der Waals surface area contributed by atoms with Crippen molar-refractivity contribution < 1.29 is 0 Å². The van der Waals surface area contributed by atoms with Gasteiger partial charge in [-0.1, -0.05) is 165 Å². The number of allylic oxidation sites excluding steroid dienone is 4. The standard InChI is InChI=1S/C54H42N4S/c1-6-18-39(7-2)36(3)57-53(42-22-12-9-13-23-42)58-37(4)45-31-38(32-46(34-45)43-29-30-48-44(33-43)28-27-40-19-14-15-24-47(40)48)35-56-52(41-20-10-8-11-21-41)51-49-25-16-17-26-50(49)59-54(51)55-5/h6-34H,1-2,4-5,35H2,3H3/b39-18+,56-52?,57-36?,58-53?. The van der Waals surface area contributed by atoms with Crippen LogP contribution in [-0.4, -0.2) is 24.0 Å². The summed E-state index contributed by atoms with van der Waals surface area (Å²) in [5.74, 6) is 0.549. The van der Waals surface area contributed by atoms with Crippen LogP contribution in [0.25, 0.3) is 48.5 Å². The molecule has 0 unspecified atom stereocenters.